The Hall–Kier alpha value is -1.71. The molecule has 0 fully saturated rings. The Morgan fingerprint density at radius 2 is 2.35 bits per heavy atom. The predicted molar refractivity (Wildman–Crippen MR) is 62.5 cm³/mol. The number of aliphatic carboxylic acids is 1. The Bertz CT molecular complexity index is 427. The van der Waals surface area contributed by atoms with Crippen LogP contribution in [0, 0.1) is 5.92 Å². The highest BCUT2D eigenvalue weighted by Gasteiger charge is 2.35. The lowest BCUT2D eigenvalue weighted by Crippen LogP contribution is -2.37. The van der Waals surface area contributed by atoms with E-state index in [4.69, 9.17) is 9.47 Å². The molecule has 1 N–H and O–H groups in total. The first-order valence-corrected chi connectivity index (χ1v) is 5.72. The van der Waals surface area contributed by atoms with Crippen molar-refractivity contribution in [2.75, 3.05) is 7.11 Å². The van der Waals surface area contributed by atoms with Crippen LogP contribution in [0.1, 0.15) is 18.9 Å². The van der Waals surface area contributed by atoms with Crippen LogP contribution in [0.2, 0.25) is 0 Å². The Morgan fingerprint density at radius 1 is 1.59 bits per heavy atom. The zero-order valence-corrected chi connectivity index (χ0v) is 9.97. The largest absolute Gasteiger partial charge is 0.496 e. The highest BCUT2D eigenvalue weighted by molar-refractivity contribution is 5.72. The number of benzene rings is 1. The lowest BCUT2D eigenvalue weighted by Gasteiger charge is -2.31. The maximum atomic E-state index is 11.2. The summed E-state index contributed by atoms with van der Waals surface area (Å²) in [6, 6.07) is 5.54. The van der Waals surface area contributed by atoms with Gasteiger partial charge in [-0.15, -0.1) is 0 Å². The van der Waals surface area contributed by atoms with Gasteiger partial charge in [-0.25, -0.2) is 0 Å². The smallest absolute Gasteiger partial charge is 0.310 e. The summed E-state index contributed by atoms with van der Waals surface area (Å²) >= 11 is 0. The van der Waals surface area contributed by atoms with Gasteiger partial charge < -0.3 is 14.6 Å². The molecule has 1 aliphatic rings. The molecule has 0 aliphatic carbocycles. The minimum absolute atomic E-state index is 0.257. The number of ether oxygens (including phenoxy) is 2. The van der Waals surface area contributed by atoms with Crippen molar-refractivity contribution in [1.82, 2.24) is 0 Å². The van der Waals surface area contributed by atoms with Crippen LogP contribution in [-0.4, -0.2) is 24.3 Å². The van der Waals surface area contributed by atoms with Crippen molar-refractivity contribution in [1.29, 1.82) is 0 Å². The van der Waals surface area contributed by atoms with Crippen molar-refractivity contribution in [2.45, 2.75) is 25.9 Å². The molecule has 4 heteroatoms. The van der Waals surface area contributed by atoms with Crippen LogP contribution in [0.3, 0.4) is 0 Å². The molecule has 1 heterocycles. The van der Waals surface area contributed by atoms with Crippen LogP contribution in [0.25, 0.3) is 0 Å². The van der Waals surface area contributed by atoms with E-state index in [9.17, 15) is 9.90 Å². The van der Waals surface area contributed by atoms with E-state index >= 15 is 0 Å². The maximum Gasteiger partial charge on any atom is 0.310 e. The topological polar surface area (TPSA) is 55.8 Å². The average Bonchev–Trinajstić information content (AvgIpc) is 2.36. The van der Waals surface area contributed by atoms with Crippen LogP contribution in [-0.2, 0) is 11.2 Å². The van der Waals surface area contributed by atoms with Gasteiger partial charge in [-0.3, -0.25) is 4.79 Å². The summed E-state index contributed by atoms with van der Waals surface area (Å²) in [5, 5.41) is 9.21. The van der Waals surface area contributed by atoms with Gasteiger partial charge in [0.2, 0.25) is 0 Å². The summed E-state index contributed by atoms with van der Waals surface area (Å²) in [7, 11) is 1.58. The fraction of sp³-hybridized carbons (Fsp3) is 0.462. The third-order valence-corrected chi connectivity index (χ3v) is 3.18. The number of methoxy groups -OCH3 is 1. The molecule has 1 aromatic rings. The normalized spacial score (nSPS) is 22.5. The summed E-state index contributed by atoms with van der Waals surface area (Å²) < 4.78 is 11.0. The number of hydrogen-bond donors (Lipinski definition) is 1. The fourth-order valence-electron chi connectivity index (χ4n) is 2.26. The molecule has 0 saturated carbocycles. The highest BCUT2D eigenvalue weighted by atomic mass is 16.5. The van der Waals surface area contributed by atoms with Crippen molar-refractivity contribution in [3.8, 4) is 11.5 Å². The molecule has 1 aliphatic heterocycles. The molecule has 2 atom stereocenters. The summed E-state index contributed by atoms with van der Waals surface area (Å²) in [5.74, 6) is 0.134. The number of fused-ring (bicyclic) bond motifs is 1. The zero-order valence-electron chi connectivity index (χ0n) is 9.97. The van der Waals surface area contributed by atoms with E-state index in [1.54, 1.807) is 7.11 Å². The van der Waals surface area contributed by atoms with Crippen LogP contribution in [0.4, 0.5) is 0 Å². The number of carbonyl (C=O) groups is 1. The van der Waals surface area contributed by atoms with Crippen LogP contribution in [0.5, 0.6) is 11.5 Å². The molecule has 0 radical (unpaired) electrons. The van der Waals surface area contributed by atoms with Crippen LogP contribution < -0.4 is 9.47 Å². The van der Waals surface area contributed by atoms with E-state index < -0.39 is 11.9 Å². The number of carboxylic acids is 1. The van der Waals surface area contributed by atoms with Crippen LogP contribution >= 0.6 is 0 Å². The average molecular weight is 236 g/mol. The molecule has 4 nitrogen and oxygen atoms in total. The SMILES string of the molecule is CCC1Oc2cccc(OC)c2CC1C(=O)O. The van der Waals surface area contributed by atoms with Crippen molar-refractivity contribution in [3.05, 3.63) is 23.8 Å². The van der Waals surface area contributed by atoms with E-state index in [-0.39, 0.29) is 6.10 Å². The minimum atomic E-state index is -0.812. The molecule has 0 spiro atoms. The summed E-state index contributed by atoms with van der Waals surface area (Å²) in [4.78, 5) is 11.2. The quantitative estimate of drug-likeness (QED) is 0.873. The summed E-state index contributed by atoms with van der Waals surface area (Å²) in [5.41, 5.74) is 0.854. The fourth-order valence-corrected chi connectivity index (χ4v) is 2.26. The first-order valence-electron chi connectivity index (χ1n) is 5.72. The van der Waals surface area contributed by atoms with E-state index in [0.29, 0.717) is 18.6 Å². The zero-order chi connectivity index (χ0) is 12.4. The van der Waals surface area contributed by atoms with E-state index in [1.165, 1.54) is 0 Å². The number of carboxylic acid groups (broad SMARTS) is 1. The van der Waals surface area contributed by atoms with Crippen molar-refractivity contribution < 1.29 is 19.4 Å². The van der Waals surface area contributed by atoms with Crippen molar-refractivity contribution >= 4 is 5.97 Å². The van der Waals surface area contributed by atoms with Gasteiger partial charge in [0.15, 0.2) is 0 Å². The predicted octanol–water partition coefficient (Wildman–Crippen LogP) is 2.11. The Kier molecular flexibility index (Phi) is 3.22. The molecule has 0 aromatic heterocycles. The Morgan fingerprint density at radius 3 is 2.94 bits per heavy atom. The molecule has 0 bridgehead atoms. The lowest BCUT2D eigenvalue weighted by molar-refractivity contribution is -0.145. The van der Waals surface area contributed by atoms with Crippen molar-refractivity contribution in [3.63, 3.8) is 0 Å². The standard InChI is InChI=1S/C13H16O4/c1-3-10-9(13(14)15)7-8-11(16-2)5-4-6-12(8)17-10/h4-6,9-10H,3,7H2,1-2H3,(H,14,15). The highest BCUT2D eigenvalue weighted by Crippen LogP contribution is 2.37. The minimum Gasteiger partial charge on any atom is -0.496 e. The van der Waals surface area contributed by atoms with Crippen molar-refractivity contribution in [2.24, 2.45) is 5.92 Å². The second-order valence-corrected chi connectivity index (χ2v) is 4.15. The third kappa shape index (κ3) is 2.07. The number of hydrogen-bond acceptors (Lipinski definition) is 3. The second kappa shape index (κ2) is 4.65. The van der Waals surface area contributed by atoms with Gasteiger partial charge >= 0.3 is 5.97 Å². The lowest BCUT2D eigenvalue weighted by atomic mass is 9.89. The third-order valence-electron chi connectivity index (χ3n) is 3.18. The summed E-state index contributed by atoms with van der Waals surface area (Å²) in [6.07, 6.45) is 0.896. The maximum absolute atomic E-state index is 11.2. The molecular weight excluding hydrogens is 220 g/mol. The molecule has 0 amide bonds. The Labute approximate surface area is 100 Å². The number of rotatable bonds is 3. The molecule has 2 rings (SSSR count). The summed E-state index contributed by atoms with van der Waals surface area (Å²) in [6.45, 7) is 1.94. The van der Waals surface area contributed by atoms with Gasteiger partial charge in [0.1, 0.15) is 17.6 Å². The molecule has 92 valence electrons. The first kappa shape index (κ1) is 11.8. The van der Waals surface area contributed by atoms with Gasteiger partial charge in [0, 0.05) is 5.56 Å². The second-order valence-electron chi connectivity index (χ2n) is 4.15. The van der Waals surface area contributed by atoms with Gasteiger partial charge in [0.25, 0.3) is 0 Å². The first-order chi connectivity index (χ1) is 8.17. The van der Waals surface area contributed by atoms with Gasteiger partial charge in [-0.2, -0.15) is 0 Å². The molecular formula is C13H16O4. The Balaban J connectivity index is 2.39. The molecule has 0 saturated heterocycles. The molecule has 2 unspecified atom stereocenters. The van der Waals surface area contributed by atoms with Crippen LogP contribution in [0.15, 0.2) is 18.2 Å². The van der Waals surface area contributed by atoms with E-state index in [1.807, 2.05) is 25.1 Å². The van der Waals surface area contributed by atoms with Gasteiger partial charge in [-0.05, 0) is 25.0 Å². The van der Waals surface area contributed by atoms with Gasteiger partial charge in [0.05, 0.1) is 13.0 Å². The van der Waals surface area contributed by atoms with E-state index in [0.717, 1.165) is 11.3 Å². The monoisotopic (exact) mass is 236 g/mol. The van der Waals surface area contributed by atoms with Gasteiger partial charge in [-0.1, -0.05) is 13.0 Å². The van der Waals surface area contributed by atoms with E-state index in [2.05, 4.69) is 0 Å². The molecule has 1 aromatic carbocycles. The molecule has 17 heavy (non-hydrogen) atoms.